The Morgan fingerprint density at radius 2 is 2.56 bits per heavy atom. The van der Waals surface area contributed by atoms with Gasteiger partial charge in [0.2, 0.25) is 5.91 Å². The van der Waals surface area contributed by atoms with Crippen molar-refractivity contribution in [1.82, 2.24) is 10.6 Å². The minimum atomic E-state index is 0.0787. The van der Waals surface area contributed by atoms with E-state index in [0.29, 0.717) is 6.67 Å². The van der Waals surface area contributed by atoms with E-state index in [-0.39, 0.29) is 11.9 Å². The number of rotatable bonds is 2. The maximum Gasteiger partial charge on any atom is 0.238 e. The number of amides is 1. The van der Waals surface area contributed by atoms with Crippen LogP contribution in [-0.2, 0) is 4.79 Å². The average Bonchev–Trinajstić information content (AvgIpc) is 2.18. The first-order chi connectivity index (χ1) is 4.34. The minimum Gasteiger partial charge on any atom is -0.342 e. The quantitative estimate of drug-likeness (QED) is 0.542. The van der Waals surface area contributed by atoms with Gasteiger partial charge in [-0.3, -0.25) is 10.1 Å². The number of nitrogens with one attached hydrogen (secondary N) is 2. The van der Waals surface area contributed by atoms with Gasteiger partial charge in [-0.05, 0) is 6.42 Å². The molecule has 1 atom stereocenters. The SMILES string of the molecule is CCCC1NCNC1=O. The average molecular weight is 128 g/mol. The Morgan fingerprint density at radius 1 is 1.78 bits per heavy atom. The second-order valence-electron chi connectivity index (χ2n) is 2.26. The molecular weight excluding hydrogens is 116 g/mol. The third-order valence-electron chi connectivity index (χ3n) is 1.50. The summed E-state index contributed by atoms with van der Waals surface area (Å²) in [6.07, 6.45) is 2.01. The highest BCUT2D eigenvalue weighted by Crippen LogP contribution is 1.98. The Morgan fingerprint density at radius 3 is 3.00 bits per heavy atom. The van der Waals surface area contributed by atoms with Crippen LogP contribution in [0.5, 0.6) is 0 Å². The summed E-state index contributed by atoms with van der Waals surface area (Å²) in [6, 6.07) is 0.0787. The fraction of sp³-hybridized carbons (Fsp3) is 0.833. The molecule has 1 aliphatic rings. The summed E-state index contributed by atoms with van der Waals surface area (Å²) in [5.41, 5.74) is 0. The lowest BCUT2D eigenvalue weighted by Crippen LogP contribution is -2.27. The standard InChI is InChI=1S/C6H12N2O/c1-2-3-5-6(9)8-4-7-5/h5,7H,2-4H2,1H3,(H,8,9). The third kappa shape index (κ3) is 1.42. The summed E-state index contributed by atoms with van der Waals surface area (Å²) < 4.78 is 0. The molecule has 0 radical (unpaired) electrons. The molecule has 3 heteroatoms. The van der Waals surface area contributed by atoms with E-state index in [1.54, 1.807) is 0 Å². The Balaban J connectivity index is 2.31. The molecule has 1 unspecified atom stereocenters. The van der Waals surface area contributed by atoms with Crippen LogP contribution in [0.2, 0.25) is 0 Å². The third-order valence-corrected chi connectivity index (χ3v) is 1.50. The molecule has 3 nitrogen and oxygen atoms in total. The molecule has 0 spiro atoms. The number of hydrogen-bond acceptors (Lipinski definition) is 2. The summed E-state index contributed by atoms with van der Waals surface area (Å²) in [5, 5.41) is 5.75. The predicted octanol–water partition coefficient (Wildman–Crippen LogP) is -0.168. The lowest BCUT2D eigenvalue weighted by atomic mass is 10.2. The largest absolute Gasteiger partial charge is 0.342 e. The van der Waals surface area contributed by atoms with E-state index in [4.69, 9.17) is 0 Å². The van der Waals surface area contributed by atoms with Crippen molar-refractivity contribution in [2.75, 3.05) is 6.67 Å². The van der Waals surface area contributed by atoms with Crippen LogP contribution < -0.4 is 10.6 Å². The van der Waals surface area contributed by atoms with Crippen LogP contribution in [0.1, 0.15) is 19.8 Å². The van der Waals surface area contributed by atoms with Crippen LogP contribution >= 0.6 is 0 Å². The maximum atomic E-state index is 10.8. The van der Waals surface area contributed by atoms with Crippen molar-refractivity contribution in [2.45, 2.75) is 25.8 Å². The molecule has 0 aromatic heterocycles. The predicted molar refractivity (Wildman–Crippen MR) is 34.8 cm³/mol. The smallest absolute Gasteiger partial charge is 0.238 e. The van der Waals surface area contributed by atoms with Gasteiger partial charge in [-0.1, -0.05) is 13.3 Å². The maximum absolute atomic E-state index is 10.8. The van der Waals surface area contributed by atoms with Crippen molar-refractivity contribution in [1.29, 1.82) is 0 Å². The monoisotopic (exact) mass is 128 g/mol. The van der Waals surface area contributed by atoms with Crippen LogP contribution in [-0.4, -0.2) is 18.6 Å². The number of hydrogen-bond donors (Lipinski definition) is 2. The zero-order chi connectivity index (χ0) is 6.69. The van der Waals surface area contributed by atoms with Crippen LogP contribution in [0.4, 0.5) is 0 Å². The van der Waals surface area contributed by atoms with Crippen LogP contribution in [0.25, 0.3) is 0 Å². The van der Waals surface area contributed by atoms with Crippen molar-refractivity contribution in [3.8, 4) is 0 Å². The number of carbonyl (C=O) groups is 1. The van der Waals surface area contributed by atoms with Gasteiger partial charge in [-0.25, -0.2) is 0 Å². The Hall–Kier alpha value is -0.570. The zero-order valence-electron chi connectivity index (χ0n) is 5.61. The van der Waals surface area contributed by atoms with Crippen molar-refractivity contribution in [3.05, 3.63) is 0 Å². The minimum absolute atomic E-state index is 0.0787. The normalized spacial score (nSPS) is 26.3. The van der Waals surface area contributed by atoms with E-state index in [9.17, 15) is 4.79 Å². The van der Waals surface area contributed by atoms with Crippen LogP contribution in [0.15, 0.2) is 0 Å². The van der Waals surface area contributed by atoms with E-state index in [0.717, 1.165) is 12.8 Å². The summed E-state index contributed by atoms with van der Waals surface area (Å²) >= 11 is 0. The first kappa shape index (κ1) is 6.55. The van der Waals surface area contributed by atoms with E-state index in [2.05, 4.69) is 17.6 Å². The molecule has 1 amide bonds. The fourth-order valence-corrected chi connectivity index (χ4v) is 0.999. The molecule has 9 heavy (non-hydrogen) atoms. The second kappa shape index (κ2) is 2.82. The summed E-state index contributed by atoms with van der Waals surface area (Å²) in [7, 11) is 0. The lowest BCUT2D eigenvalue weighted by Gasteiger charge is -2.02. The number of carbonyl (C=O) groups excluding carboxylic acids is 1. The van der Waals surface area contributed by atoms with Crippen molar-refractivity contribution in [3.63, 3.8) is 0 Å². The highest BCUT2D eigenvalue weighted by atomic mass is 16.2. The van der Waals surface area contributed by atoms with Gasteiger partial charge in [0.25, 0.3) is 0 Å². The summed E-state index contributed by atoms with van der Waals surface area (Å²) in [6.45, 7) is 2.72. The van der Waals surface area contributed by atoms with E-state index < -0.39 is 0 Å². The lowest BCUT2D eigenvalue weighted by molar-refractivity contribution is -0.120. The molecule has 0 aromatic carbocycles. The van der Waals surface area contributed by atoms with Gasteiger partial charge in [0, 0.05) is 0 Å². The molecule has 0 bridgehead atoms. The fourth-order valence-electron chi connectivity index (χ4n) is 0.999. The molecular formula is C6H12N2O. The molecule has 1 aliphatic heterocycles. The van der Waals surface area contributed by atoms with Gasteiger partial charge in [-0.2, -0.15) is 0 Å². The van der Waals surface area contributed by atoms with Crippen LogP contribution in [0, 0.1) is 0 Å². The topological polar surface area (TPSA) is 41.1 Å². The van der Waals surface area contributed by atoms with Gasteiger partial charge in [0.05, 0.1) is 12.7 Å². The first-order valence-electron chi connectivity index (χ1n) is 3.35. The zero-order valence-corrected chi connectivity index (χ0v) is 5.61. The Labute approximate surface area is 54.8 Å². The molecule has 1 heterocycles. The van der Waals surface area contributed by atoms with Crippen molar-refractivity contribution < 1.29 is 4.79 Å². The second-order valence-corrected chi connectivity index (χ2v) is 2.26. The molecule has 0 aromatic rings. The van der Waals surface area contributed by atoms with E-state index >= 15 is 0 Å². The molecule has 1 fully saturated rings. The highest BCUT2D eigenvalue weighted by molar-refractivity contribution is 5.83. The molecule has 52 valence electrons. The molecule has 0 aliphatic carbocycles. The summed E-state index contributed by atoms with van der Waals surface area (Å²) in [5.74, 6) is 0.150. The molecule has 0 saturated carbocycles. The van der Waals surface area contributed by atoms with Gasteiger partial charge in [0.15, 0.2) is 0 Å². The molecule has 1 saturated heterocycles. The molecule has 2 N–H and O–H groups in total. The Kier molecular flexibility index (Phi) is 2.05. The van der Waals surface area contributed by atoms with E-state index in [1.807, 2.05) is 0 Å². The van der Waals surface area contributed by atoms with Gasteiger partial charge < -0.3 is 5.32 Å². The molecule has 1 rings (SSSR count). The van der Waals surface area contributed by atoms with Gasteiger partial charge >= 0.3 is 0 Å². The van der Waals surface area contributed by atoms with Crippen molar-refractivity contribution in [2.24, 2.45) is 0 Å². The van der Waals surface area contributed by atoms with Gasteiger partial charge in [0.1, 0.15) is 0 Å². The van der Waals surface area contributed by atoms with E-state index in [1.165, 1.54) is 0 Å². The summed E-state index contributed by atoms with van der Waals surface area (Å²) in [4.78, 5) is 10.8. The Bertz CT molecular complexity index is 114. The van der Waals surface area contributed by atoms with Gasteiger partial charge in [-0.15, -0.1) is 0 Å². The first-order valence-corrected chi connectivity index (χ1v) is 3.35. The van der Waals surface area contributed by atoms with Crippen molar-refractivity contribution >= 4 is 5.91 Å². The highest BCUT2D eigenvalue weighted by Gasteiger charge is 2.21. The van der Waals surface area contributed by atoms with Crippen LogP contribution in [0.3, 0.4) is 0 Å².